The number of hydrogen-bond donors (Lipinski definition) is 2. The summed E-state index contributed by atoms with van der Waals surface area (Å²) in [4.78, 5) is 4.04. The molecule has 3 aromatic rings. The van der Waals surface area contributed by atoms with Crippen molar-refractivity contribution >= 4 is 17.4 Å². The lowest BCUT2D eigenvalue weighted by atomic mass is 9.84. The number of aromatic hydroxyl groups is 1. The molecule has 2 unspecified atom stereocenters. The highest BCUT2D eigenvalue weighted by Gasteiger charge is 2.27. The smallest absolute Gasteiger partial charge is 0.151 e. The molecule has 0 spiro atoms. The predicted octanol–water partition coefficient (Wildman–Crippen LogP) is 3.78. The zero-order chi connectivity index (χ0) is 18.2. The topological polar surface area (TPSA) is 75.9 Å². The molecule has 1 aromatic carbocycles. The number of benzene rings is 1. The molecule has 4 heterocycles. The number of nitrogens with one attached hydrogen (secondary N) is 1. The van der Waals surface area contributed by atoms with E-state index in [1.807, 2.05) is 22.9 Å². The van der Waals surface area contributed by atoms with E-state index in [-0.39, 0.29) is 5.75 Å². The molecule has 2 aliphatic rings. The number of aromatic nitrogens is 4. The van der Waals surface area contributed by atoms with Crippen molar-refractivity contribution in [1.82, 2.24) is 25.1 Å². The van der Waals surface area contributed by atoms with E-state index in [2.05, 4.69) is 26.6 Å². The summed E-state index contributed by atoms with van der Waals surface area (Å²) in [6.07, 6.45) is 13.6. The van der Waals surface area contributed by atoms with Crippen LogP contribution in [0.15, 0.2) is 42.5 Å². The van der Waals surface area contributed by atoms with Crippen LogP contribution in [0.25, 0.3) is 22.3 Å². The monoisotopic (exact) mass is 379 g/mol. The third kappa shape index (κ3) is 3.40. The first kappa shape index (κ1) is 16.6. The third-order valence-corrected chi connectivity index (χ3v) is 6.28. The standard InChI is InChI=1S/C20H21N5OS/c26-18-11-16(25-7-6-21-12-25)4-5-17(18)20-24-23-19(27-20)10-13-8-14-2-1-3-15(9-13)22-14/h4-7,10-12,14-15,22,26H,1-3,8-9H2. The second-order valence-electron chi connectivity index (χ2n) is 7.32. The molecule has 0 radical (unpaired) electrons. The number of hydrogen-bond acceptors (Lipinski definition) is 6. The lowest BCUT2D eigenvalue weighted by Crippen LogP contribution is -2.46. The van der Waals surface area contributed by atoms with Gasteiger partial charge < -0.3 is 15.0 Å². The van der Waals surface area contributed by atoms with Crippen LogP contribution in [0.4, 0.5) is 0 Å². The summed E-state index contributed by atoms with van der Waals surface area (Å²) in [6.45, 7) is 0. The van der Waals surface area contributed by atoms with Crippen LogP contribution in [0.3, 0.4) is 0 Å². The van der Waals surface area contributed by atoms with Gasteiger partial charge in [0.05, 0.1) is 17.6 Å². The number of rotatable bonds is 3. The van der Waals surface area contributed by atoms with Crippen molar-refractivity contribution in [1.29, 1.82) is 0 Å². The first-order chi connectivity index (χ1) is 13.2. The summed E-state index contributed by atoms with van der Waals surface area (Å²) in [5.74, 6) is 0.202. The molecule has 27 heavy (non-hydrogen) atoms. The van der Waals surface area contributed by atoms with E-state index in [1.165, 1.54) is 36.2 Å². The van der Waals surface area contributed by atoms with Crippen molar-refractivity contribution in [3.05, 3.63) is 47.5 Å². The minimum Gasteiger partial charge on any atom is -0.507 e. The van der Waals surface area contributed by atoms with Crippen LogP contribution in [-0.4, -0.2) is 36.9 Å². The third-order valence-electron chi connectivity index (χ3n) is 5.38. The Labute approximate surface area is 161 Å². The molecule has 2 N–H and O–H groups in total. The second-order valence-corrected chi connectivity index (χ2v) is 8.33. The summed E-state index contributed by atoms with van der Waals surface area (Å²) in [5, 5.41) is 24.5. The molecule has 0 aliphatic carbocycles. The number of nitrogens with zero attached hydrogens (tertiary/aromatic N) is 4. The number of piperidine rings is 2. The van der Waals surface area contributed by atoms with Crippen LogP contribution >= 0.6 is 11.3 Å². The Bertz CT molecular complexity index is 964. The van der Waals surface area contributed by atoms with Gasteiger partial charge in [-0.05, 0) is 43.9 Å². The molecule has 5 rings (SSSR count). The summed E-state index contributed by atoms with van der Waals surface area (Å²) in [7, 11) is 0. The van der Waals surface area contributed by atoms with E-state index in [0.29, 0.717) is 17.6 Å². The normalized spacial score (nSPS) is 22.0. The molecule has 2 bridgehead atoms. The highest BCUT2D eigenvalue weighted by Crippen LogP contribution is 2.35. The number of imidazole rings is 1. The highest BCUT2D eigenvalue weighted by atomic mass is 32.1. The van der Waals surface area contributed by atoms with E-state index in [1.54, 1.807) is 18.6 Å². The van der Waals surface area contributed by atoms with Gasteiger partial charge in [-0.1, -0.05) is 23.3 Å². The van der Waals surface area contributed by atoms with Gasteiger partial charge in [-0.2, -0.15) is 0 Å². The van der Waals surface area contributed by atoms with Gasteiger partial charge in [0.15, 0.2) is 5.01 Å². The summed E-state index contributed by atoms with van der Waals surface area (Å²) >= 11 is 1.53. The van der Waals surface area contributed by atoms with E-state index in [4.69, 9.17) is 0 Å². The lowest BCUT2D eigenvalue weighted by Gasteiger charge is -2.37. The fourth-order valence-corrected chi connectivity index (χ4v) is 4.99. The molecule has 138 valence electrons. The first-order valence-corrected chi connectivity index (χ1v) is 10.2. The number of phenols is 1. The summed E-state index contributed by atoms with van der Waals surface area (Å²) in [5.41, 5.74) is 3.04. The zero-order valence-electron chi connectivity index (χ0n) is 14.9. The Hall–Kier alpha value is -2.51. The number of phenolic OH excluding ortho intramolecular Hbond substituents is 1. The van der Waals surface area contributed by atoms with Gasteiger partial charge in [0.2, 0.25) is 0 Å². The van der Waals surface area contributed by atoms with Gasteiger partial charge in [0.25, 0.3) is 0 Å². The van der Waals surface area contributed by atoms with Crippen molar-refractivity contribution in [2.45, 2.75) is 44.2 Å². The lowest BCUT2D eigenvalue weighted by molar-refractivity contribution is 0.283. The van der Waals surface area contributed by atoms with Gasteiger partial charge in [-0.25, -0.2) is 4.98 Å². The van der Waals surface area contributed by atoms with Gasteiger partial charge in [0.1, 0.15) is 10.8 Å². The maximum Gasteiger partial charge on any atom is 0.151 e. The van der Waals surface area contributed by atoms with Crippen molar-refractivity contribution in [2.24, 2.45) is 0 Å². The fourth-order valence-electron chi connectivity index (χ4n) is 4.12. The predicted molar refractivity (Wildman–Crippen MR) is 106 cm³/mol. The molecule has 2 aromatic heterocycles. The van der Waals surface area contributed by atoms with E-state index in [9.17, 15) is 5.11 Å². The zero-order valence-corrected chi connectivity index (χ0v) is 15.7. The minimum atomic E-state index is 0.202. The van der Waals surface area contributed by atoms with Crippen molar-refractivity contribution in [3.63, 3.8) is 0 Å². The van der Waals surface area contributed by atoms with Crippen LogP contribution in [0, 0.1) is 0 Å². The fraction of sp³-hybridized carbons (Fsp3) is 0.350. The van der Waals surface area contributed by atoms with Gasteiger partial charge in [0, 0.05) is 30.5 Å². The molecular weight excluding hydrogens is 358 g/mol. The molecule has 2 aliphatic heterocycles. The Morgan fingerprint density at radius 2 is 2.04 bits per heavy atom. The van der Waals surface area contributed by atoms with Gasteiger partial charge in [-0.3, -0.25) is 0 Å². The van der Waals surface area contributed by atoms with Crippen LogP contribution in [0.1, 0.15) is 37.1 Å². The van der Waals surface area contributed by atoms with Gasteiger partial charge in [-0.15, -0.1) is 10.2 Å². The van der Waals surface area contributed by atoms with Crippen LogP contribution in [0.5, 0.6) is 5.75 Å². The van der Waals surface area contributed by atoms with Crippen LogP contribution in [-0.2, 0) is 0 Å². The molecule has 2 atom stereocenters. The SMILES string of the molecule is Oc1cc(-n2ccnc2)ccc1-c1nnc(C=C2CC3CCCC(C2)N3)s1. The van der Waals surface area contributed by atoms with Gasteiger partial charge >= 0.3 is 0 Å². The number of fused-ring (bicyclic) bond motifs is 2. The van der Waals surface area contributed by atoms with Crippen LogP contribution < -0.4 is 5.32 Å². The molecule has 0 amide bonds. The average Bonchev–Trinajstić information content (AvgIpc) is 3.33. The molecule has 2 saturated heterocycles. The maximum absolute atomic E-state index is 10.5. The van der Waals surface area contributed by atoms with E-state index < -0.39 is 0 Å². The molecule has 0 saturated carbocycles. The Kier molecular flexibility index (Phi) is 4.26. The van der Waals surface area contributed by atoms with Crippen molar-refractivity contribution in [3.8, 4) is 22.0 Å². The Balaban J connectivity index is 1.38. The van der Waals surface area contributed by atoms with E-state index >= 15 is 0 Å². The minimum absolute atomic E-state index is 0.202. The quantitative estimate of drug-likeness (QED) is 0.724. The molecular formula is C20H21N5OS. The molecule has 6 nitrogen and oxygen atoms in total. The highest BCUT2D eigenvalue weighted by molar-refractivity contribution is 7.15. The van der Waals surface area contributed by atoms with Crippen molar-refractivity contribution < 1.29 is 5.11 Å². The first-order valence-electron chi connectivity index (χ1n) is 9.35. The second kappa shape index (κ2) is 6.90. The molecule has 7 heteroatoms. The van der Waals surface area contributed by atoms with Crippen LogP contribution in [0.2, 0.25) is 0 Å². The molecule has 2 fully saturated rings. The average molecular weight is 379 g/mol. The Morgan fingerprint density at radius 3 is 2.78 bits per heavy atom. The summed E-state index contributed by atoms with van der Waals surface area (Å²) in [6, 6.07) is 6.80. The maximum atomic E-state index is 10.5. The van der Waals surface area contributed by atoms with Crippen molar-refractivity contribution in [2.75, 3.05) is 0 Å². The Morgan fingerprint density at radius 1 is 1.19 bits per heavy atom. The summed E-state index contributed by atoms with van der Waals surface area (Å²) < 4.78 is 1.85. The van der Waals surface area contributed by atoms with E-state index in [0.717, 1.165) is 28.5 Å². The largest absolute Gasteiger partial charge is 0.507 e.